The number of carbonyl (C=O) groups is 1. The van der Waals surface area contributed by atoms with E-state index < -0.39 is 5.82 Å². The summed E-state index contributed by atoms with van der Waals surface area (Å²) in [6.45, 7) is 2.06. The van der Waals surface area contributed by atoms with Gasteiger partial charge >= 0.3 is 0 Å². The number of nitrogen functional groups attached to an aromatic ring is 1. The summed E-state index contributed by atoms with van der Waals surface area (Å²) < 4.78 is 13.6. The minimum atomic E-state index is -0.548. The van der Waals surface area contributed by atoms with Crippen LogP contribution < -0.4 is 16.6 Å². The first-order valence-electron chi connectivity index (χ1n) is 6.76. The van der Waals surface area contributed by atoms with Gasteiger partial charge in [0.25, 0.3) is 5.91 Å². The molecule has 0 fully saturated rings. The van der Waals surface area contributed by atoms with Gasteiger partial charge < -0.3 is 10.7 Å². The van der Waals surface area contributed by atoms with Gasteiger partial charge in [-0.05, 0) is 30.0 Å². The summed E-state index contributed by atoms with van der Waals surface area (Å²) in [6, 6.07) is 8.16. The van der Waals surface area contributed by atoms with Crippen LogP contribution in [0, 0.1) is 5.82 Å². The number of thiophene rings is 1. The molecular weight excluding hydrogens is 289 g/mol. The van der Waals surface area contributed by atoms with E-state index >= 15 is 0 Å². The number of anilines is 1. The molecule has 0 saturated carbocycles. The van der Waals surface area contributed by atoms with Gasteiger partial charge in [-0.1, -0.05) is 25.5 Å². The third-order valence-electron chi connectivity index (χ3n) is 3.17. The fourth-order valence-electron chi connectivity index (χ4n) is 2.16. The number of amides is 1. The van der Waals surface area contributed by atoms with E-state index in [4.69, 9.17) is 5.84 Å². The van der Waals surface area contributed by atoms with E-state index in [0.717, 1.165) is 17.7 Å². The zero-order valence-electron chi connectivity index (χ0n) is 11.7. The van der Waals surface area contributed by atoms with E-state index in [1.807, 2.05) is 17.5 Å². The number of hydrogen-bond donors (Lipinski definition) is 3. The largest absolute Gasteiger partial charge is 0.344 e. The van der Waals surface area contributed by atoms with Gasteiger partial charge in [-0.15, -0.1) is 11.3 Å². The molecule has 0 spiro atoms. The van der Waals surface area contributed by atoms with Gasteiger partial charge in [-0.2, -0.15) is 0 Å². The van der Waals surface area contributed by atoms with E-state index in [9.17, 15) is 9.18 Å². The molecule has 2 aromatic rings. The Balaban J connectivity index is 2.22. The summed E-state index contributed by atoms with van der Waals surface area (Å²) in [5.41, 5.74) is 2.47. The van der Waals surface area contributed by atoms with Crippen molar-refractivity contribution in [3.8, 4) is 0 Å². The first-order valence-corrected chi connectivity index (χ1v) is 7.64. The average Bonchev–Trinajstić information content (AvgIpc) is 3.00. The molecule has 21 heavy (non-hydrogen) atoms. The number of rotatable bonds is 6. The van der Waals surface area contributed by atoms with Crippen LogP contribution in [0.2, 0.25) is 0 Å². The molecule has 1 unspecified atom stereocenters. The number of benzene rings is 1. The van der Waals surface area contributed by atoms with Crippen molar-refractivity contribution < 1.29 is 9.18 Å². The van der Waals surface area contributed by atoms with Gasteiger partial charge in [-0.25, -0.2) is 4.39 Å². The van der Waals surface area contributed by atoms with Crippen molar-refractivity contribution in [3.63, 3.8) is 0 Å². The molecule has 6 heteroatoms. The standard InChI is InChI=1S/C15H18FN3OS/c1-2-5-12(13-8-4-9-21-13)18-15(20)10-6-3-7-11(16)14(10)19-17/h3-4,6-9,12,19H,2,5,17H2,1H3,(H,18,20). The minimum absolute atomic E-state index is 0.0106. The maximum atomic E-state index is 13.6. The Hall–Kier alpha value is -1.92. The van der Waals surface area contributed by atoms with Crippen LogP contribution in [-0.4, -0.2) is 5.91 Å². The minimum Gasteiger partial charge on any atom is -0.344 e. The lowest BCUT2D eigenvalue weighted by Gasteiger charge is -2.18. The van der Waals surface area contributed by atoms with E-state index in [0.29, 0.717) is 0 Å². The second kappa shape index (κ2) is 7.19. The van der Waals surface area contributed by atoms with Gasteiger partial charge in [0.1, 0.15) is 5.82 Å². The Bertz CT molecular complexity index is 601. The molecule has 0 aliphatic rings. The van der Waals surface area contributed by atoms with Crippen LogP contribution in [0.5, 0.6) is 0 Å². The van der Waals surface area contributed by atoms with Crippen molar-refractivity contribution in [2.75, 3.05) is 5.43 Å². The number of hydrogen-bond acceptors (Lipinski definition) is 4. The Morgan fingerprint density at radius 3 is 2.81 bits per heavy atom. The average molecular weight is 307 g/mol. The second-order valence-corrected chi connectivity index (χ2v) is 5.62. The van der Waals surface area contributed by atoms with Crippen LogP contribution in [0.15, 0.2) is 35.7 Å². The third-order valence-corrected chi connectivity index (χ3v) is 4.16. The Morgan fingerprint density at radius 2 is 2.19 bits per heavy atom. The number of hydrazine groups is 1. The lowest BCUT2D eigenvalue weighted by atomic mass is 10.1. The van der Waals surface area contributed by atoms with Crippen molar-refractivity contribution in [1.29, 1.82) is 0 Å². The molecule has 1 atom stereocenters. The first kappa shape index (κ1) is 15.5. The molecule has 4 N–H and O–H groups in total. The van der Waals surface area contributed by atoms with E-state index in [2.05, 4.69) is 17.7 Å². The van der Waals surface area contributed by atoms with Crippen LogP contribution in [0.4, 0.5) is 10.1 Å². The second-order valence-electron chi connectivity index (χ2n) is 4.64. The maximum Gasteiger partial charge on any atom is 0.254 e. The van der Waals surface area contributed by atoms with Crippen molar-refractivity contribution in [1.82, 2.24) is 5.32 Å². The van der Waals surface area contributed by atoms with Crippen LogP contribution in [0.3, 0.4) is 0 Å². The molecule has 0 bridgehead atoms. The summed E-state index contributed by atoms with van der Waals surface area (Å²) in [4.78, 5) is 13.5. The summed E-state index contributed by atoms with van der Waals surface area (Å²) >= 11 is 1.59. The summed E-state index contributed by atoms with van der Waals surface area (Å²) in [7, 11) is 0. The molecule has 4 nitrogen and oxygen atoms in total. The lowest BCUT2D eigenvalue weighted by molar-refractivity contribution is 0.0935. The van der Waals surface area contributed by atoms with E-state index in [1.165, 1.54) is 12.1 Å². The zero-order chi connectivity index (χ0) is 15.2. The highest BCUT2D eigenvalue weighted by Crippen LogP contribution is 2.25. The third kappa shape index (κ3) is 3.59. The quantitative estimate of drug-likeness (QED) is 0.565. The normalized spacial score (nSPS) is 12.0. The predicted molar refractivity (Wildman–Crippen MR) is 83.6 cm³/mol. The highest BCUT2D eigenvalue weighted by molar-refractivity contribution is 7.10. The smallest absolute Gasteiger partial charge is 0.254 e. The Morgan fingerprint density at radius 1 is 1.38 bits per heavy atom. The number of nitrogens with two attached hydrogens (primary N) is 1. The van der Waals surface area contributed by atoms with Gasteiger partial charge in [0.15, 0.2) is 0 Å². The Kier molecular flexibility index (Phi) is 5.30. The van der Waals surface area contributed by atoms with Crippen LogP contribution >= 0.6 is 11.3 Å². The summed E-state index contributed by atoms with van der Waals surface area (Å²) in [5, 5.41) is 4.92. The van der Waals surface area contributed by atoms with Crippen molar-refractivity contribution in [2.45, 2.75) is 25.8 Å². The zero-order valence-corrected chi connectivity index (χ0v) is 12.5. The Labute approximate surface area is 127 Å². The van der Waals surface area contributed by atoms with Crippen molar-refractivity contribution in [3.05, 3.63) is 52.0 Å². The lowest BCUT2D eigenvalue weighted by Crippen LogP contribution is -2.29. The highest BCUT2D eigenvalue weighted by atomic mass is 32.1. The number of nitrogens with one attached hydrogen (secondary N) is 2. The van der Waals surface area contributed by atoms with Crippen LogP contribution in [-0.2, 0) is 0 Å². The van der Waals surface area contributed by atoms with E-state index in [-0.39, 0.29) is 23.2 Å². The molecule has 0 saturated heterocycles. The van der Waals surface area contributed by atoms with Gasteiger partial charge in [0.05, 0.1) is 17.3 Å². The topological polar surface area (TPSA) is 67.2 Å². The molecule has 2 rings (SSSR count). The number of halogens is 1. The predicted octanol–water partition coefficient (Wildman–Crippen LogP) is 3.44. The molecule has 112 valence electrons. The number of para-hydroxylation sites is 1. The molecule has 1 amide bonds. The summed E-state index contributed by atoms with van der Waals surface area (Å²) in [6.07, 6.45) is 1.76. The number of carbonyl (C=O) groups excluding carboxylic acids is 1. The monoisotopic (exact) mass is 307 g/mol. The fraction of sp³-hybridized carbons (Fsp3) is 0.267. The summed E-state index contributed by atoms with van der Waals surface area (Å²) in [5.74, 6) is 4.42. The van der Waals surface area contributed by atoms with Gasteiger partial charge in [0.2, 0.25) is 0 Å². The molecule has 1 aromatic heterocycles. The van der Waals surface area contributed by atoms with Crippen molar-refractivity contribution >= 4 is 22.9 Å². The van der Waals surface area contributed by atoms with E-state index in [1.54, 1.807) is 17.4 Å². The molecule has 0 aliphatic heterocycles. The molecule has 0 radical (unpaired) electrons. The molecule has 0 aliphatic carbocycles. The molecule has 1 heterocycles. The molecule has 1 aromatic carbocycles. The first-order chi connectivity index (χ1) is 10.2. The highest BCUT2D eigenvalue weighted by Gasteiger charge is 2.19. The van der Waals surface area contributed by atoms with Gasteiger partial charge in [-0.3, -0.25) is 10.6 Å². The van der Waals surface area contributed by atoms with Crippen molar-refractivity contribution in [2.24, 2.45) is 5.84 Å². The van der Waals surface area contributed by atoms with Crippen LogP contribution in [0.25, 0.3) is 0 Å². The maximum absolute atomic E-state index is 13.6. The molecular formula is C15H18FN3OS. The SMILES string of the molecule is CCCC(NC(=O)c1cccc(F)c1NN)c1cccs1. The van der Waals surface area contributed by atoms with Crippen LogP contribution in [0.1, 0.15) is 41.0 Å². The van der Waals surface area contributed by atoms with Gasteiger partial charge in [0, 0.05) is 4.88 Å². The fourth-order valence-corrected chi connectivity index (χ4v) is 2.97.